The molecule has 3 heteroatoms. The zero-order valence-electron chi connectivity index (χ0n) is 27.6. The van der Waals surface area contributed by atoms with Crippen molar-refractivity contribution < 1.29 is 9.59 Å². The first-order valence-electron chi connectivity index (χ1n) is 18.4. The van der Waals surface area contributed by atoms with Gasteiger partial charge in [-0.25, -0.2) is 0 Å². The normalized spacial score (nSPS) is 11.5. The van der Waals surface area contributed by atoms with Gasteiger partial charge in [-0.05, 0) is 12.8 Å². The van der Waals surface area contributed by atoms with Crippen molar-refractivity contribution in [1.29, 1.82) is 0 Å². The van der Waals surface area contributed by atoms with Gasteiger partial charge in [0.15, 0.2) is 11.6 Å². The summed E-state index contributed by atoms with van der Waals surface area (Å²) in [6, 6.07) is -0.877. The van der Waals surface area contributed by atoms with Gasteiger partial charge in [0.1, 0.15) is 6.04 Å². The molecular weight excluding hydrogens is 490 g/mol. The highest BCUT2D eigenvalue weighted by molar-refractivity contribution is 6.06. The predicted molar refractivity (Wildman–Crippen MR) is 177 cm³/mol. The summed E-state index contributed by atoms with van der Waals surface area (Å²) in [5.74, 6) is -0.0821. The van der Waals surface area contributed by atoms with E-state index in [9.17, 15) is 9.59 Å². The lowest BCUT2D eigenvalue weighted by atomic mass is 9.98. The third-order valence-corrected chi connectivity index (χ3v) is 8.75. The molecule has 238 valence electrons. The highest BCUT2D eigenvalue weighted by atomic mass is 16.2. The molecule has 0 aliphatic carbocycles. The quantitative estimate of drug-likeness (QED) is 0.0625. The Kier molecular flexibility index (Phi) is 32.2. The van der Waals surface area contributed by atoms with Gasteiger partial charge in [-0.15, -0.1) is 0 Å². The van der Waals surface area contributed by atoms with Crippen molar-refractivity contribution in [2.75, 3.05) is 0 Å². The molecule has 0 aliphatic heterocycles. The van der Waals surface area contributed by atoms with E-state index in [1.807, 2.05) is 0 Å². The Morgan fingerprint density at radius 1 is 0.350 bits per heavy atom. The third-order valence-electron chi connectivity index (χ3n) is 8.75. The summed E-state index contributed by atoms with van der Waals surface area (Å²) in [6.45, 7) is 4.56. The van der Waals surface area contributed by atoms with Crippen LogP contribution in [0.5, 0.6) is 0 Å². The Morgan fingerprint density at radius 2 is 0.525 bits per heavy atom. The summed E-state index contributed by atoms with van der Waals surface area (Å²) in [4.78, 5) is 24.7. The summed E-state index contributed by atoms with van der Waals surface area (Å²) < 4.78 is 0. The standard InChI is InChI=1S/C37H73NO2/c1-3-5-7-9-11-13-15-17-19-21-23-25-27-29-31-33-35(39)37(38)36(40)34-32-30-28-26-24-22-20-18-16-14-12-10-8-6-4-2/h37H,3-34,38H2,1-2H3. The Labute approximate surface area is 252 Å². The third kappa shape index (κ3) is 28.8. The van der Waals surface area contributed by atoms with Gasteiger partial charge in [-0.2, -0.15) is 0 Å². The van der Waals surface area contributed by atoms with Crippen molar-refractivity contribution in [3.8, 4) is 0 Å². The molecule has 0 aromatic heterocycles. The molecule has 0 amide bonds. The molecule has 40 heavy (non-hydrogen) atoms. The van der Waals surface area contributed by atoms with E-state index in [0.29, 0.717) is 12.8 Å². The van der Waals surface area contributed by atoms with E-state index in [0.717, 1.165) is 25.7 Å². The van der Waals surface area contributed by atoms with Crippen LogP contribution >= 0.6 is 0 Å². The predicted octanol–water partition coefficient (Wildman–Crippen LogP) is 12.0. The Morgan fingerprint density at radius 3 is 0.725 bits per heavy atom. The fourth-order valence-corrected chi connectivity index (χ4v) is 5.83. The molecule has 0 saturated heterocycles. The Balaban J connectivity index is 3.41. The van der Waals surface area contributed by atoms with Gasteiger partial charge >= 0.3 is 0 Å². The fraction of sp³-hybridized carbons (Fsp3) is 0.946. The van der Waals surface area contributed by atoms with Crippen LogP contribution in [-0.4, -0.2) is 17.6 Å². The fourth-order valence-electron chi connectivity index (χ4n) is 5.83. The van der Waals surface area contributed by atoms with Crippen molar-refractivity contribution in [1.82, 2.24) is 0 Å². The van der Waals surface area contributed by atoms with Crippen molar-refractivity contribution >= 4 is 11.6 Å². The molecule has 0 heterocycles. The maximum Gasteiger partial charge on any atom is 0.157 e. The van der Waals surface area contributed by atoms with Gasteiger partial charge < -0.3 is 5.73 Å². The largest absolute Gasteiger partial charge is 0.315 e. The molecule has 0 radical (unpaired) electrons. The van der Waals surface area contributed by atoms with E-state index in [1.54, 1.807) is 0 Å². The summed E-state index contributed by atoms with van der Waals surface area (Å²) in [7, 11) is 0. The van der Waals surface area contributed by atoms with Crippen LogP contribution in [0.25, 0.3) is 0 Å². The zero-order chi connectivity index (χ0) is 29.4. The van der Waals surface area contributed by atoms with Gasteiger partial charge in [0.05, 0.1) is 0 Å². The van der Waals surface area contributed by atoms with E-state index in [2.05, 4.69) is 13.8 Å². The highest BCUT2D eigenvalue weighted by Crippen LogP contribution is 2.16. The number of carbonyl (C=O) groups is 2. The first-order valence-corrected chi connectivity index (χ1v) is 18.4. The lowest BCUT2D eigenvalue weighted by molar-refractivity contribution is -0.129. The first kappa shape index (κ1) is 39.3. The topological polar surface area (TPSA) is 60.2 Å². The van der Waals surface area contributed by atoms with E-state index in [4.69, 9.17) is 5.73 Å². The molecular formula is C37H73NO2. The number of carbonyl (C=O) groups excluding carboxylic acids is 2. The monoisotopic (exact) mass is 564 g/mol. The number of Topliss-reactive ketones (excluding diaryl/α,β-unsaturated/α-hetero) is 2. The molecule has 0 aromatic carbocycles. The minimum Gasteiger partial charge on any atom is -0.315 e. The lowest BCUT2D eigenvalue weighted by Crippen LogP contribution is -2.38. The van der Waals surface area contributed by atoms with E-state index < -0.39 is 6.04 Å². The first-order chi connectivity index (χ1) is 19.6. The number of nitrogens with two attached hydrogens (primary N) is 1. The molecule has 0 unspecified atom stereocenters. The van der Waals surface area contributed by atoms with E-state index >= 15 is 0 Å². The van der Waals surface area contributed by atoms with Crippen LogP contribution in [0.15, 0.2) is 0 Å². The Hall–Kier alpha value is -0.700. The van der Waals surface area contributed by atoms with Gasteiger partial charge in [0.25, 0.3) is 0 Å². The minimum absolute atomic E-state index is 0.0411. The van der Waals surface area contributed by atoms with Crippen LogP contribution in [0.1, 0.15) is 219 Å². The average molecular weight is 564 g/mol. The van der Waals surface area contributed by atoms with Crippen LogP contribution in [0.4, 0.5) is 0 Å². The second-order valence-electron chi connectivity index (χ2n) is 12.8. The maximum atomic E-state index is 12.3. The van der Waals surface area contributed by atoms with Gasteiger partial charge in [0, 0.05) is 12.8 Å². The van der Waals surface area contributed by atoms with Crippen molar-refractivity contribution in [3.63, 3.8) is 0 Å². The van der Waals surface area contributed by atoms with Crippen LogP contribution in [0, 0.1) is 0 Å². The van der Waals surface area contributed by atoms with Crippen LogP contribution in [0.2, 0.25) is 0 Å². The SMILES string of the molecule is CCCCCCCCCCCCCCCCCC(=O)C(N)C(=O)CCCCCCCCCCCCCCCCC. The van der Waals surface area contributed by atoms with Crippen LogP contribution in [-0.2, 0) is 9.59 Å². The summed E-state index contributed by atoms with van der Waals surface area (Å²) in [6.07, 6.45) is 40.4. The molecule has 0 aliphatic rings. The Bertz CT molecular complexity index is 486. The zero-order valence-corrected chi connectivity index (χ0v) is 27.6. The highest BCUT2D eigenvalue weighted by Gasteiger charge is 2.20. The molecule has 0 rings (SSSR count). The molecule has 3 nitrogen and oxygen atoms in total. The second-order valence-corrected chi connectivity index (χ2v) is 12.8. The minimum atomic E-state index is -0.877. The van der Waals surface area contributed by atoms with Crippen molar-refractivity contribution in [3.05, 3.63) is 0 Å². The summed E-state index contributed by atoms with van der Waals surface area (Å²) >= 11 is 0. The number of ketones is 2. The number of hydrogen-bond acceptors (Lipinski definition) is 3. The molecule has 0 saturated carbocycles. The number of unbranched alkanes of at least 4 members (excludes halogenated alkanes) is 28. The van der Waals surface area contributed by atoms with Crippen molar-refractivity contribution in [2.24, 2.45) is 5.73 Å². The van der Waals surface area contributed by atoms with Gasteiger partial charge in [-0.1, -0.05) is 194 Å². The molecule has 0 fully saturated rings. The molecule has 0 bridgehead atoms. The van der Waals surface area contributed by atoms with Crippen LogP contribution < -0.4 is 5.73 Å². The van der Waals surface area contributed by atoms with Crippen LogP contribution in [0.3, 0.4) is 0 Å². The lowest BCUT2D eigenvalue weighted by Gasteiger charge is -2.10. The van der Waals surface area contributed by atoms with E-state index in [-0.39, 0.29) is 11.6 Å². The molecule has 0 aromatic rings. The molecule has 0 spiro atoms. The smallest absolute Gasteiger partial charge is 0.157 e. The number of hydrogen-bond donors (Lipinski definition) is 1. The van der Waals surface area contributed by atoms with Gasteiger partial charge in [-0.3, -0.25) is 9.59 Å². The number of rotatable bonds is 34. The summed E-state index contributed by atoms with van der Waals surface area (Å²) in [5.41, 5.74) is 5.98. The second kappa shape index (κ2) is 32.8. The maximum absolute atomic E-state index is 12.3. The summed E-state index contributed by atoms with van der Waals surface area (Å²) in [5, 5.41) is 0. The molecule has 0 atom stereocenters. The van der Waals surface area contributed by atoms with Crippen molar-refractivity contribution in [2.45, 2.75) is 225 Å². The van der Waals surface area contributed by atoms with Gasteiger partial charge in [0.2, 0.25) is 0 Å². The molecule has 2 N–H and O–H groups in total. The average Bonchev–Trinajstić information content (AvgIpc) is 2.96. The van der Waals surface area contributed by atoms with E-state index in [1.165, 1.54) is 167 Å².